The van der Waals surface area contributed by atoms with Crippen LogP contribution >= 0.6 is 0 Å². The molecule has 0 saturated carbocycles. The lowest BCUT2D eigenvalue weighted by molar-refractivity contribution is -0.146. The lowest BCUT2D eigenvalue weighted by Crippen LogP contribution is -2.37. The molecule has 2 N–H and O–H groups in total. The van der Waals surface area contributed by atoms with Gasteiger partial charge >= 0.3 is 5.97 Å². The van der Waals surface area contributed by atoms with E-state index in [1.165, 1.54) is 0 Å². The van der Waals surface area contributed by atoms with Gasteiger partial charge in [-0.15, -0.1) is 0 Å². The molecule has 4 heteroatoms. The number of carbonyl (C=O) groups excluding carboxylic acids is 1. The van der Waals surface area contributed by atoms with Crippen LogP contribution in [0.1, 0.15) is 20.3 Å². The van der Waals surface area contributed by atoms with Crippen molar-refractivity contribution in [3.63, 3.8) is 0 Å². The highest BCUT2D eigenvalue weighted by molar-refractivity contribution is 5.75. The molecule has 0 aliphatic carbocycles. The van der Waals surface area contributed by atoms with Gasteiger partial charge in [-0.3, -0.25) is 4.79 Å². The molecular formula is C9H19NO3. The number of hydrogen-bond donors (Lipinski definition) is 1. The minimum Gasteiger partial charge on any atom is -0.464 e. The van der Waals surface area contributed by atoms with Crippen molar-refractivity contribution < 1.29 is 14.3 Å². The van der Waals surface area contributed by atoms with E-state index in [4.69, 9.17) is 15.2 Å². The van der Waals surface area contributed by atoms with Crippen LogP contribution in [0.4, 0.5) is 0 Å². The van der Waals surface area contributed by atoms with Crippen molar-refractivity contribution in [2.24, 2.45) is 11.7 Å². The number of rotatable bonds is 6. The molecule has 0 rings (SSSR count). The molecule has 78 valence electrons. The number of ether oxygens (including phenoxy) is 2. The molecule has 0 heterocycles. The van der Waals surface area contributed by atoms with E-state index in [-0.39, 0.29) is 11.9 Å². The van der Waals surface area contributed by atoms with Crippen molar-refractivity contribution in [3.05, 3.63) is 0 Å². The second kappa shape index (κ2) is 6.86. The molecule has 0 unspecified atom stereocenters. The third kappa shape index (κ3) is 5.60. The quantitative estimate of drug-likeness (QED) is 0.489. The van der Waals surface area contributed by atoms with Gasteiger partial charge in [0.2, 0.25) is 0 Å². The van der Waals surface area contributed by atoms with E-state index in [2.05, 4.69) is 0 Å². The first kappa shape index (κ1) is 12.4. The Bertz CT molecular complexity index is 148. The highest BCUT2D eigenvalue weighted by Crippen LogP contribution is 2.00. The average Bonchev–Trinajstić information content (AvgIpc) is 2.10. The summed E-state index contributed by atoms with van der Waals surface area (Å²) in [7, 11) is 1.61. The van der Waals surface area contributed by atoms with Crippen LogP contribution in [0.2, 0.25) is 0 Å². The Hall–Kier alpha value is -0.610. The van der Waals surface area contributed by atoms with Gasteiger partial charge in [0.1, 0.15) is 6.04 Å². The first-order valence-corrected chi connectivity index (χ1v) is 4.50. The van der Waals surface area contributed by atoms with Gasteiger partial charge in [-0.2, -0.15) is 0 Å². The van der Waals surface area contributed by atoms with Crippen LogP contribution in [0.5, 0.6) is 0 Å². The Morgan fingerprint density at radius 3 is 2.46 bits per heavy atom. The second-order valence-electron chi connectivity index (χ2n) is 3.28. The Morgan fingerprint density at radius 2 is 2.00 bits per heavy atom. The first-order valence-electron chi connectivity index (χ1n) is 4.50. The van der Waals surface area contributed by atoms with Crippen molar-refractivity contribution in [3.8, 4) is 0 Å². The first-order chi connectivity index (χ1) is 6.09. The normalized spacial score (nSPS) is 13.0. The van der Waals surface area contributed by atoms with Crippen molar-refractivity contribution >= 4 is 5.97 Å². The molecule has 13 heavy (non-hydrogen) atoms. The van der Waals surface area contributed by atoms with E-state index >= 15 is 0 Å². The lowest BCUT2D eigenvalue weighted by atomic mass is 10.1. The number of hydrogen-bond acceptors (Lipinski definition) is 4. The van der Waals surface area contributed by atoms with Gasteiger partial charge in [0.05, 0.1) is 6.61 Å². The summed E-state index contributed by atoms with van der Waals surface area (Å²) in [6.45, 7) is 4.76. The Kier molecular flexibility index (Phi) is 6.54. The molecule has 0 radical (unpaired) electrons. The van der Waals surface area contributed by atoms with Crippen LogP contribution in [0.15, 0.2) is 0 Å². The van der Waals surface area contributed by atoms with E-state index in [0.29, 0.717) is 19.6 Å². The predicted molar refractivity (Wildman–Crippen MR) is 50.3 cm³/mol. The Morgan fingerprint density at radius 1 is 1.38 bits per heavy atom. The molecule has 0 bridgehead atoms. The molecule has 0 aromatic carbocycles. The molecular weight excluding hydrogens is 170 g/mol. The van der Waals surface area contributed by atoms with E-state index in [0.717, 1.165) is 0 Å². The maximum Gasteiger partial charge on any atom is 0.323 e. The third-order valence-corrected chi connectivity index (χ3v) is 1.73. The number of methoxy groups -OCH3 is 1. The van der Waals surface area contributed by atoms with Crippen LogP contribution in [-0.4, -0.2) is 32.3 Å². The smallest absolute Gasteiger partial charge is 0.323 e. The summed E-state index contributed by atoms with van der Waals surface area (Å²) < 4.78 is 9.73. The Balaban J connectivity index is 3.50. The summed E-state index contributed by atoms with van der Waals surface area (Å²) in [5.41, 5.74) is 5.57. The molecule has 0 fully saturated rings. The van der Waals surface area contributed by atoms with Gasteiger partial charge in [-0.05, 0) is 5.92 Å². The van der Waals surface area contributed by atoms with Crippen LogP contribution in [0.3, 0.4) is 0 Å². The van der Waals surface area contributed by atoms with Crippen molar-refractivity contribution in [1.82, 2.24) is 0 Å². The zero-order chi connectivity index (χ0) is 10.3. The van der Waals surface area contributed by atoms with E-state index < -0.39 is 6.04 Å². The SMILES string of the molecule is COCCCOC(=O)[C@@H](N)C(C)C. The zero-order valence-electron chi connectivity index (χ0n) is 8.58. The number of nitrogens with two attached hydrogens (primary N) is 1. The lowest BCUT2D eigenvalue weighted by Gasteiger charge is -2.14. The van der Waals surface area contributed by atoms with E-state index in [1.807, 2.05) is 13.8 Å². The minimum absolute atomic E-state index is 0.120. The van der Waals surface area contributed by atoms with Crippen molar-refractivity contribution in [1.29, 1.82) is 0 Å². The fraction of sp³-hybridized carbons (Fsp3) is 0.889. The fourth-order valence-corrected chi connectivity index (χ4v) is 0.744. The maximum atomic E-state index is 11.2. The van der Waals surface area contributed by atoms with Gasteiger partial charge in [0.25, 0.3) is 0 Å². The largest absolute Gasteiger partial charge is 0.464 e. The maximum absolute atomic E-state index is 11.2. The number of esters is 1. The standard InChI is InChI=1S/C9H19NO3/c1-7(2)8(10)9(11)13-6-4-5-12-3/h7-8H,4-6,10H2,1-3H3/t8-/m0/s1. The second-order valence-corrected chi connectivity index (χ2v) is 3.28. The highest BCUT2D eigenvalue weighted by atomic mass is 16.5. The van der Waals surface area contributed by atoms with E-state index in [9.17, 15) is 4.79 Å². The molecule has 0 aliphatic rings. The molecule has 4 nitrogen and oxygen atoms in total. The predicted octanol–water partition coefficient (Wildman–Crippen LogP) is 0.549. The molecule has 0 aromatic heterocycles. The third-order valence-electron chi connectivity index (χ3n) is 1.73. The fourth-order valence-electron chi connectivity index (χ4n) is 0.744. The van der Waals surface area contributed by atoms with Gasteiger partial charge < -0.3 is 15.2 Å². The van der Waals surface area contributed by atoms with Crippen molar-refractivity contribution in [2.75, 3.05) is 20.3 Å². The molecule has 1 atom stereocenters. The monoisotopic (exact) mass is 189 g/mol. The van der Waals surface area contributed by atoms with E-state index in [1.54, 1.807) is 7.11 Å². The summed E-state index contributed by atoms with van der Waals surface area (Å²) in [6.07, 6.45) is 0.715. The van der Waals surface area contributed by atoms with Gasteiger partial charge in [0.15, 0.2) is 0 Å². The zero-order valence-corrected chi connectivity index (χ0v) is 8.58. The topological polar surface area (TPSA) is 61.5 Å². The summed E-state index contributed by atoms with van der Waals surface area (Å²) in [5, 5.41) is 0. The van der Waals surface area contributed by atoms with Crippen LogP contribution < -0.4 is 5.73 Å². The van der Waals surface area contributed by atoms with Crippen LogP contribution in [0, 0.1) is 5.92 Å². The van der Waals surface area contributed by atoms with Gasteiger partial charge in [-0.25, -0.2) is 0 Å². The highest BCUT2D eigenvalue weighted by Gasteiger charge is 2.18. The molecule has 0 aliphatic heterocycles. The van der Waals surface area contributed by atoms with Crippen LogP contribution in [-0.2, 0) is 14.3 Å². The molecule has 0 saturated heterocycles. The summed E-state index contributed by atoms with van der Waals surface area (Å²) in [5.74, 6) is -0.207. The minimum atomic E-state index is -0.512. The number of carbonyl (C=O) groups is 1. The average molecular weight is 189 g/mol. The molecule has 0 aromatic rings. The molecule has 0 spiro atoms. The van der Waals surface area contributed by atoms with Crippen LogP contribution in [0.25, 0.3) is 0 Å². The van der Waals surface area contributed by atoms with Crippen molar-refractivity contribution in [2.45, 2.75) is 26.3 Å². The summed E-state index contributed by atoms with van der Waals surface area (Å²) in [6, 6.07) is -0.512. The summed E-state index contributed by atoms with van der Waals surface area (Å²) in [4.78, 5) is 11.2. The molecule has 0 amide bonds. The van der Waals surface area contributed by atoms with Gasteiger partial charge in [0, 0.05) is 20.1 Å². The Labute approximate surface area is 79.4 Å². The van der Waals surface area contributed by atoms with Gasteiger partial charge in [-0.1, -0.05) is 13.8 Å². The summed E-state index contributed by atoms with van der Waals surface area (Å²) >= 11 is 0.